The second-order valence-electron chi connectivity index (χ2n) is 5.53. The summed E-state index contributed by atoms with van der Waals surface area (Å²) in [7, 11) is 0. The first kappa shape index (κ1) is 18.3. The van der Waals surface area contributed by atoms with Crippen molar-refractivity contribution >= 4 is 17.5 Å². The topological polar surface area (TPSA) is 84.6 Å². The molecule has 0 aliphatic rings. The highest BCUT2D eigenvalue weighted by molar-refractivity contribution is 6.30. The van der Waals surface area contributed by atoms with E-state index in [1.807, 2.05) is 37.3 Å². The SMILES string of the molecule is CC(NCc1cc(Cl)ccc1OCC(N)=O)C(O)c1ccccc1. The number of nitrogens with one attached hydrogen (secondary N) is 1. The fraction of sp³-hybridized carbons (Fsp3) is 0.278. The number of hydrogen-bond donors (Lipinski definition) is 3. The third-order valence-electron chi connectivity index (χ3n) is 3.62. The Morgan fingerprint density at radius 1 is 1.29 bits per heavy atom. The number of aliphatic hydroxyl groups is 1. The minimum atomic E-state index is -0.639. The lowest BCUT2D eigenvalue weighted by atomic mass is 10.0. The van der Waals surface area contributed by atoms with Crippen LogP contribution in [0.4, 0.5) is 0 Å². The zero-order chi connectivity index (χ0) is 17.5. The van der Waals surface area contributed by atoms with Crippen molar-refractivity contribution in [3.8, 4) is 5.75 Å². The van der Waals surface area contributed by atoms with Crippen LogP contribution in [0.2, 0.25) is 5.02 Å². The van der Waals surface area contributed by atoms with E-state index >= 15 is 0 Å². The Hall–Kier alpha value is -2.08. The molecule has 2 unspecified atom stereocenters. The summed E-state index contributed by atoms with van der Waals surface area (Å²) in [6.07, 6.45) is -0.639. The summed E-state index contributed by atoms with van der Waals surface area (Å²) in [5.41, 5.74) is 6.74. The number of primary amides is 1. The number of hydrogen-bond acceptors (Lipinski definition) is 4. The zero-order valence-electron chi connectivity index (χ0n) is 13.4. The average Bonchev–Trinajstić information content (AvgIpc) is 2.58. The van der Waals surface area contributed by atoms with Crippen molar-refractivity contribution in [3.63, 3.8) is 0 Å². The Labute approximate surface area is 146 Å². The van der Waals surface area contributed by atoms with Gasteiger partial charge in [-0.15, -0.1) is 0 Å². The highest BCUT2D eigenvalue weighted by atomic mass is 35.5. The number of aliphatic hydroxyl groups excluding tert-OH is 1. The van der Waals surface area contributed by atoms with Crippen molar-refractivity contribution in [3.05, 3.63) is 64.7 Å². The standard InChI is InChI=1S/C18H21ClN2O3/c1-12(18(23)13-5-3-2-4-6-13)21-10-14-9-15(19)7-8-16(14)24-11-17(20)22/h2-9,12,18,21,23H,10-11H2,1H3,(H2,20,22). The monoisotopic (exact) mass is 348 g/mol. The number of carbonyl (C=O) groups is 1. The van der Waals surface area contributed by atoms with E-state index in [0.29, 0.717) is 17.3 Å². The molecule has 128 valence electrons. The molecular weight excluding hydrogens is 328 g/mol. The molecule has 0 bridgehead atoms. The van der Waals surface area contributed by atoms with Gasteiger partial charge < -0.3 is 20.9 Å². The Balaban J connectivity index is 2.02. The smallest absolute Gasteiger partial charge is 0.255 e. The maximum atomic E-state index is 10.9. The van der Waals surface area contributed by atoms with Crippen LogP contribution in [0.3, 0.4) is 0 Å². The zero-order valence-corrected chi connectivity index (χ0v) is 14.2. The van der Waals surface area contributed by atoms with Crippen LogP contribution in [-0.2, 0) is 11.3 Å². The van der Waals surface area contributed by atoms with Crippen LogP contribution >= 0.6 is 11.6 Å². The lowest BCUT2D eigenvalue weighted by Crippen LogP contribution is -2.32. The van der Waals surface area contributed by atoms with E-state index in [1.54, 1.807) is 18.2 Å². The molecule has 1 amide bonds. The normalized spacial score (nSPS) is 13.3. The van der Waals surface area contributed by atoms with E-state index in [0.717, 1.165) is 11.1 Å². The van der Waals surface area contributed by atoms with Gasteiger partial charge >= 0.3 is 0 Å². The Kier molecular flexibility index (Phi) is 6.61. The Bertz CT molecular complexity index is 679. The fourth-order valence-electron chi connectivity index (χ4n) is 2.30. The van der Waals surface area contributed by atoms with E-state index in [1.165, 1.54) is 0 Å². The van der Waals surface area contributed by atoms with Crippen LogP contribution in [0.15, 0.2) is 48.5 Å². The van der Waals surface area contributed by atoms with Gasteiger partial charge in [-0.1, -0.05) is 41.9 Å². The first-order valence-electron chi connectivity index (χ1n) is 7.63. The third kappa shape index (κ3) is 5.23. The largest absolute Gasteiger partial charge is 0.483 e. The molecule has 24 heavy (non-hydrogen) atoms. The molecule has 2 aromatic carbocycles. The van der Waals surface area contributed by atoms with Gasteiger partial charge in [0.05, 0.1) is 6.10 Å². The van der Waals surface area contributed by atoms with Crippen molar-refractivity contribution in [1.29, 1.82) is 0 Å². The number of amides is 1. The maximum absolute atomic E-state index is 10.9. The van der Waals surface area contributed by atoms with Crippen molar-refractivity contribution in [2.45, 2.75) is 25.6 Å². The molecule has 4 N–H and O–H groups in total. The van der Waals surface area contributed by atoms with Gasteiger partial charge in [-0.2, -0.15) is 0 Å². The fourth-order valence-corrected chi connectivity index (χ4v) is 2.49. The van der Waals surface area contributed by atoms with Crippen LogP contribution in [0.5, 0.6) is 5.75 Å². The van der Waals surface area contributed by atoms with Gasteiger partial charge in [-0.25, -0.2) is 0 Å². The van der Waals surface area contributed by atoms with Crippen molar-refractivity contribution < 1.29 is 14.6 Å². The van der Waals surface area contributed by atoms with Crippen LogP contribution in [0.1, 0.15) is 24.2 Å². The van der Waals surface area contributed by atoms with Crippen LogP contribution < -0.4 is 15.8 Å². The number of halogens is 1. The molecule has 5 nitrogen and oxygen atoms in total. The van der Waals surface area contributed by atoms with Gasteiger partial charge in [-0.05, 0) is 30.7 Å². The Morgan fingerprint density at radius 2 is 2.00 bits per heavy atom. The molecule has 2 atom stereocenters. The van der Waals surface area contributed by atoms with Gasteiger partial charge in [0.15, 0.2) is 6.61 Å². The molecule has 0 aromatic heterocycles. The summed E-state index contributed by atoms with van der Waals surface area (Å²) in [4.78, 5) is 10.9. The molecule has 2 rings (SSSR count). The van der Waals surface area contributed by atoms with E-state index in [-0.39, 0.29) is 12.6 Å². The second-order valence-corrected chi connectivity index (χ2v) is 5.97. The van der Waals surface area contributed by atoms with Crippen molar-refractivity contribution in [1.82, 2.24) is 5.32 Å². The summed E-state index contributed by atoms with van der Waals surface area (Å²) < 4.78 is 5.40. The summed E-state index contributed by atoms with van der Waals surface area (Å²) in [6, 6.07) is 14.4. The van der Waals surface area contributed by atoms with Crippen LogP contribution in [0.25, 0.3) is 0 Å². The number of rotatable bonds is 8. The number of benzene rings is 2. The van der Waals surface area contributed by atoms with E-state index < -0.39 is 12.0 Å². The number of nitrogens with two attached hydrogens (primary N) is 1. The quantitative estimate of drug-likeness (QED) is 0.684. The summed E-state index contributed by atoms with van der Waals surface area (Å²) in [6.45, 7) is 2.13. The maximum Gasteiger partial charge on any atom is 0.255 e. The summed E-state index contributed by atoms with van der Waals surface area (Å²) in [5, 5.41) is 14.2. The molecule has 0 spiro atoms. The first-order chi connectivity index (χ1) is 11.5. The Morgan fingerprint density at radius 3 is 2.67 bits per heavy atom. The lowest BCUT2D eigenvalue weighted by molar-refractivity contribution is -0.119. The summed E-state index contributed by atoms with van der Waals surface area (Å²) >= 11 is 6.03. The van der Waals surface area contributed by atoms with Crippen LogP contribution in [0, 0.1) is 0 Å². The predicted molar refractivity (Wildman–Crippen MR) is 93.8 cm³/mol. The molecule has 0 aliphatic carbocycles. The molecule has 0 saturated heterocycles. The van der Waals surface area contributed by atoms with Crippen molar-refractivity contribution in [2.24, 2.45) is 5.73 Å². The number of carbonyl (C=O) groups excluding carboxylic acids is 1. The van der Waals surface area contributed by atoms with E-state index in [2.05, 4.69) is 5.32 Å². The molecule has 0 heterocycles. The van der Waals surface area contributed by atoms with E-state index in [9.17, 15) is 9.90 Å². The second kappa shape index (κ2) is 8.68. The molecule has 0 aliphatic heterocycles. The minimum absolute atomic E-state index is 0.185. The highest BCUT2D eigenvalue weighted by Gasteiger charge is 2.16. The van der Waals surface area contributed by atoms with Gasteiger partial charge in [-0.3, -0.25) is 4.79 Å². The molecule has 6 heteroatoms. The molecule has 0 radical (unpaired) electrons. The number of ether oxygens (including phenoxy) is 1. The molecule has 0 saturated carbocycles. The summed E-state index contributed by atoms with van der Waals surface area (Å²) in [5.74, 6) is -0.0103. The lowest BCUT2D eigenvalue weighted by Gasteiger charge is -2.21. The highest BCUT2D eigenvalue weighted by Crippen LogP contribution is 2.24. The van der Waals surface area contributed by atoms with Gasteiger partial charge in [0.2, 0.25) is 0 Å². The molecule has 0 fully saturated rings. The van der Waals surface area contributed by atoms with Gasteiger partial charge in [0.1, 0.15) is 5.75 Å². The molecular formula is C18H21ClN2O3. The van der Waals surface area contributed by atoms with Crippen LogP contribution in [-0.4, -0.2) is 23.7 Å². The van der Waals surface area contributed by atoms with Gasteiger partial charge in [0.25, 0.3) is 5.91 Å². The van der Waals surface area contributed by atoms with E-state index in [4.69, 9.17) is 22.1 Å². The molecule has 2 aromatic rings. The predicted octanol–water partition coefficient (Wildman–Crippen LogP) is 2.42. The van der Waals surface area contributed by atoms with Crippen molar-refractivity contribution in [2.75, 3.05) is 6.61 Å². The third-order valence-corrected chi connectivity index (χ3v) is 3.86. The first-order valence-corrected chi connectivity index (χ1v) is 8.01. The van der Waals surface area contributed by atoms with Gasteiger partial charge in [0, 0.05) is 23.2 Å². The minimum Gasteiger partial charge on any atom is -0.483 e. The average molecular weight is 349 g/mol.